The second-order valence-electron chi connectivity index (χ2n) is 5.58. The summed E-state index contributed by atoms with van der Waals surface area (Å²) in [6.07, 6.45) is 0. The number of hydrogen-bond donors (Lipinski definition) is 4. The van der Waals surface area contributed by atoms with Crippen LogP contribution in [0.4, 0.5) is 0 Å². The maximum Gasteiger partial charge on any atom is 0.336 e. The molecule has 0 amide bonds. The van der Waals surface area contributed by atoms with Crippen molar-refractivity contribution in [2.24, 2.45) is 0 Å². The lowest BCUT2D eigenvalue weighted by molar-refractivity contribution is -0.138. The molecular formula is C18H26O12. The zero-order valence-corrected chi connectivity index (χ0v) is 16.3. The lowest BCUT2D eigenvalue weighted by atomic mass is 9.96. The smallest absolute Gasteiger partial charge is 0.336 e. The van der Waals surface area contributed by atoms with Gasteiger partial charge in [-0.15, -0.1) is 0 Å². The Morgan fingerprint density at radius 2 is 1.23 bits per heavy atom. The average molecular weight is 434 g/mol. The molecule has 0 heterocycles. The Balaban J connectivity index is 2.74. The maximum atomic E-state index is 11.8. The van der Waals surface area contributed by atoms with Gasteiger partial charge < -0.3 is 48.8 Å². The van der Waals surface area contributed by atoms with E-state index in [-0.39, 0.29) is 89.1 Å². The molecule has 0 radical (unpaired) electrons. The fourth-order valence-electron chi connectivity index (χ4n) is 2.28. The van der Waals surface area contributed by atoms with Gasteiger partial charge in [0.15, 0.2) is 0 Å². The summed E-state index contributed by atoms with van der Waals surface area (Å²) in [4.78, 5) is 23.3. The number of carboxylic acids is 2. The third kappa shape index (κ3) is 9.56. The second-order valence-corrected chi connectivity index (χ2v) is 5.58. The predicted molar refractivity (Wildman–Crippen MR) is 97.7 cm³/mol. The summed E-state index contributed by atoms with van der Waals surface area (Å²) in [6, 6.07) is 2.61. The van der Waals surface area contributed by atoms with Crippen LogP contribution in [-0.2, 0) is 41.6 Å². The van der Waals surface area contributed by atoms with Crippen molar-refractivity contribution in [3.63, 3.8) is 0 Å². The number of benzene rings is 1. The van der Waals surface area contributed by atoms with Crippen LogP contribution in [0.5, 0.6) is 0 Å². The summed E-state index contributed by atoms with van der Waals surface area (Å²) >= 11 is 0. The first-order chi connectivity index (χ1) is 14.5. The van der Waals surface area contributed by atoms with Crippen molar-refractivity contribution in [2.75, 3.05) is 53.6 Å². The number of aliphatic hydroxyl groups excluding tert-OH is 2. The largest absolute Gasteiger partial charge is 0.478 e. The molecule has 0 spiro atoms. The number of carboxylic acid groups (broad SMARTS) is 2. The van der Waals surface area contributed by atoms with Gasteiger partial charge in [0.2, 0.25) is 0 Å². The molecule has 0 saturated heterocycles. The van der Waals surface area contributed by atoms with Gasteiger partial charge in [-0.3, -0.25) is 0 Å². The summed E-state index contributed by atoms with van der Waals surface area (Å²) in [5.74, 6) is -2.64. The summed E-state index contributed by atoms with van der Waals surface area (Å²) < 4.78 is 30.2. The predicted octanol–water partition coefficient (Wildman–Crippen LogP) is -0.00280. The minimum absolute atomic E-state index is 0.0387. The maximum absolute atomic E-state index is 11.8. The Labute approximate surface area is 172 Å². The van der Waals surface area contributed by atoms with Gasteiger partial charge in [-0.05, 0) is 11.6 Å². The van der Waals surface area contributed by atoms with Crippen molar-refractivity contribution in [3.8, 4) is 0 Å². The molecular weight excluding hydrogens is 408 g/mol. The normalized spacial score (nSPS) is 11.0. The molecule has 0 saturated carbocycles. The van der Waals surface area contributed by atoms with Gasteiger partial charge >= 0.3 is 11.9 Å². The van der Waals surface area contributed by atoms with Crippen LogP contribution in [0.1, 0.15) is 31.8 Å². The molecule has 0 bridgehead atoms. The second kappa shape index (κ2) is 15.6. The third-order valence-electron chi connectivity index (χ3n) is 3.49. The van der Waals surface area contributed by atoms with Crippen molar-refractivity contribution >= 4 is 11.9 Å². The van der Waals surface area contributed by atoms with Gasteiger partial charge in [-0.2, -0.15) is 0 Å². The van der Waals surface area contributed by atoms with E-state index in [9.17, 15) is 19.8 Å². The van der Waals surface area contributed by atoms with Crippen molar-refractivity contribution in [2.45, 2.75) is 13.2 Å². The van der Waals surface area contributed by atoms with E-state index in [0.29, 0.717) is 0 Å². The molecule has 1 rings (SSSR count). The molecule has 0 aliphatic carbocycles. The molecule has 0 unspecified atom stereocenters. The van der Waals surface area contributed by atoms with Crippen LogP contribution < -0.4 is 0 Å². The Kier molecular flexibility index (Phi) is 13.5. The van der Waals surface area contributed by atoms with Crippen molar-refractivity contribution in [1.29, 1.82) is 0 Å². The Hall–Kier alpha value is -2.16. The highest BCUT2D eigenvalue weighted by atomic mass is 16.7. The van der Waals surface area contributed by atoms with Crippen LogP contribution in [0.2, 0.25) is 0 Å². The molecule has 1 aromatic carbocycles. The van der Waals surface area contributed by atoms with E-state index in [1.54, 1.807) is 0 Å². The summed E-state index contributed by atoms with van der Waals surface area (Å²) in [7, 11) is 0. The van der Waals surface area contributed by atoms with Crippen LogP contribution in [0.15, 0.2) is 12.1 Å². The van der Waals surface area contributed by atoms with E-state index >= 15 is 0 Å². The minimum Gasteiger partial charge on any atom is -0.478 e. The average Bonchev–Trinajstić information content (AvgIpc) is 2.71. The van der Waals surface area contributed by atoms with E-state index in [1.807, 2.05) is 0 Å². The quantitative estimate of drug-likeness (QED) is 0.180. The van der Waals surface area contributed by atoms with Crippen LogP contribution in [0.3, 0.4) is 0 Å². The minimum atomic E-state index is -1.34. The molecule has 12 heteroatoms. The first-order valence-electron chi connectivity index (χ1n) is 8.82. The molecule has 1 aromatic rings. The molecule has 12 nitrogen and oxygen atoms in total. The Bertz CT molecular complexity index is 648. The number of aromatic carboxylic acids is 2. The zero-order chi connectivity index (χ0) is 22.2. The van der Waals surface area contributed by atoms with Crippen LogP contribution in [0.25, 0.3) is 0 Å². The van der Waals surface area contributed by atoms with E-state index in [0.717, 1.165) is 0 Å². The fourth-order valence-corrected chi connectivity index (χ4v) is 2.28. The Morgan fingerprint density at radius 1 is 0.700 bits per heavy atom. The molecule has 0 aromatic heterocycles. The lowest BCUT2D eigenvalue weighted by Crippen LogP contribution is -2.16. The van der Waals surface area contributed by atoms with Gasteiger partial charge in [0.25, 0.3) is 0 Å². The van der Waals surface area contributed by atoms with Gasteiger partial charge in [0, 0.05) is 5.56 Å². The van der Waals surface area contributed by atoms with Gasteiger partial charge in [0.1, 0.15) is 27.2 Å². The molecule has 0 aliphatic heterocycles. The highest BCUT2D eigenvalue weighted by molar-refractivity contribution is 5.97. The lowest BCUT2D eigenvalue weighted by Gasteiger charge is -2.15. The molecule has 0 fully saturated rings. The molecule has 4 N–H and O–H groups in total. The highest BCUT2D eigenvalue weighted by Gasteiger charge is 2.22. The first kappa shape index (κ1) is 25.9. The zero-order valence-electron chi connectivity index (χ0n) is 16.3. The first-order valence-corrected chi connectivity index (χ1v) is 8.82. The highest BCUT2D eigenvalue weighted by Crippen LogP contribution is 2.22. The van der Waals surface area contributed by atoms with Gasteiger partial charge in [-0.1, -0.05) is 6.07 Å². The van der Waals surface area contributed by atoms with E-state index in [2.05, 4.69) is 0 Å². The van der Waals surface area contributed by atoms with Crippen molar-refractivity contribution < 1.29 is 58.4 Å². The number of aliphatic hydroxyl groups is 2. The number of hydrogen-bond acceptors (Lipinski definition) is 10. The third-order valence-corrected chi connectivity index (χ3v) is 3.49. The van der Waals surface area contributed by atoms with Gasteiger partial charge in [0.05, 0.1) is 50.8 Å². The van der Waals surface area contributed by atoms with Crippen LogP contribution in [-0.4, -0.2) is 86.0 Å². The van der Waals surface area contributed by atoms with E-state index in [4.69, 9.17) is 38.6 Å². The van der Waals surface area contributed by atoms with Crippen molar-refractivity contribution in [1.82, 2.24) is 0 Å². The summed E-state index contributed by atoms with van der Waals surface area (Å²) in [6.45, 7) is -1.31. The standard InChI is InChI=1S/C18H26O12/c19-3-5-25-9-29-11-27-7-13-1-2-14(17(21)22)15(16(13)18(23)24)8-28-12-30-10-26-6-4-20/h1-2,19-20H,3-12H2,(H,21,22)(H,23,24). The number of ether oxygens (including phenoxy) is 6. The molecule has 30 heavy (non-hydrogen) atoms. The molecule has 0 aliphatic rings. The topological polar surface area (TPSA) is 170 Å². The summed E-state index contributed by atoms with van der Waals surface area (Å²) in [5, 5.41) is 36.1. The molecule has 0 atom stereocenters. The fraction of sp³-hybridized carbons (Fsp3) is 0.556. The van der Waals surface area contributed by atoms with Crippen LogP contribution >= 0.6 is 0 Å². The van der Waals surface area contributed by atoms with Gasteiger partial charge in [-0.25, -0.2) is 9.59 Å². The SMILES string of the molecule is O=C(O)c1ccc(COCOCOCCO)c(C(=O)O)c1COCOCOCCO. The number of carbonyl (C=O) groups is 2. The van der Waals surface area contributed by atoms with E-state index in [1.165, 1.54) is 12.1 Å². The number of rotatable bonds is 18. The molecule has 170 valence electrons. The van der Waals surface area contributed by atoms with Crippen LogP contribution in [0, 0.1) is 0 Å². The monoisotopic (exact) mass is 434 g/mol. The Morgan fingerprint density at radius 3 is 1.73 bits per heavy atom. The van der Waals surface area contributed by atoms with E-state index < -0.39 is 11.9 Å². The summed E-state index contributed by atoms with van der Waals surface area (Å²) in [5.41, 5.74) is -0.273. The van der Waals surface area contributed by atoms with Crippen molar-refractivity contribution in [3.05, 3.63) is 34.4 Å².